The summed E-state index contributed by atoms with van der Waals surface area (Å²) in [6.45, 7) is 5.09. The predicted molar refractivity (Wildman–Crippen MR) is 79.9 cm³/mol. The van der Waals surface area contributed by atoms with Gasteiger partial charge in [-0.2, -0.15) is 0 Å². The summed E-state index contributed by atoms with van der Waals surface area (Å²) in [5.74, 6) is 1.08. The van der Waals surface area contributed by atoms with E-state index in [0.29, 0.717) is 0 Å². The number of pyridine rings is 1. The van der Waals surface area contributed by atoms with Crippen molar-refractivity contribution in [2.45, 2.75) is 26.3 Å². The fourth-order valence-electron chi connectivity index (χ4n) is 2.39. The van der Waals surface area contributed by atoms with E-state index in [4.69, 9.17) is 0 Å². The zero-order valence-corrected chi connectivity index (χ0v) is 11.9. The van der Waals surface area contributed by atoms with Crippen LogP contribution in [0.2, 0.25) is 0 Å². The molecule has 0 saturated carbocycles. The van der Waals surface area contributed by atoms with Gasteiger partial charge < -0.3 is 10.2 Å². The van der Waals surface area contributed by atoms with Crippen molar-refractivity contribution in [3.05, 3.63) is 34.4 Å². The fraction of sp³-hybridized carbons (Fsp3) is 0.429. The van der Waals surface area contributed by atoms with Gasteiger partial charge in [0, 0.05) is 30.4 Å². The van der Waals surface area contributed by atoms with E-state index in [1.807, 2.05) is 25.4 Å². The number of rotatable bonds is 4. The van der Waals surface area contributed by atoms with E-state index in [1.54, 1.807) is 11.3 Å². The molecule has 0 spiro atoms. The van der Waals surface area contributed by atoms with Crippen LogP contribution in [0, 0.1) is 6.92 Å². The lowest BCUT2D eigenvalue weighted by molar-refractivity contribution is 0.935. The Balaban J connectivity index is 1.73. The second-order valence-corrected chi connectivity index (χ2v) is 6.09. The summed E-state index contributed by atoms with van der Waals surface area (Å²) >= 11 is 1.74. The lowest BCUT2D eigenvalue weighted by atomic mass is 10.3. The minimum absolute atomic E-state index is 0.818. The van der Waals surface area contributed by atoms with Crippen molar-refractivity contribution in [1.82, 2.24) is 9.97 Å². The van der Waals surface area contributed by atoms with Crippen LogP contribution in [0.15, 0.2) is 24.5 Å². The van der Waals surface area contributed by atoms with Crippen LogP contribution in [0.3, 0.4) is 0 Å². The first-order valence-electron chi connectivity index (χ1n) is 6.68. The molecule has 0 atom stereocenters. The van der Waals surface area contributed by atoms with Crippen molar-refractivity contribution in [2.75, 3.05) is 23.3 Å². The molecular weight excluding hydrogens is 256 g/mol. The standard InChI is InChI=1S/C14H18N4S/c1-11-16-9-12(19-11)10-17-13-5-4-6-15-14(13)18-7-2-3-8-18/h4-6,9,17H,2-3,7-8,10H2,1H3. The van der Waals surface area contributed by atoms with Gasteiger partial charge in [-0.15, -0.1) is 11.3 Å². The molecule has 5 heteroatoms. The number of hydrogen-bond acceptors (Lipinski definition) is 5. The van der Waals surface area contributed by atoms with Gasteiger partial charge in [-0.25, -0.2) is 9.97 Å². The number of hydrogen-bond donors (Lipinski definition) is 1. The Bertz CT molecular complexity index is 546. The molecule has 4 nitrogen and oxygen atoms in total. The number of thiazole rings is 1. The predicted octanol–water partition coefficient (Wildman–Crippen LogP) is 3.06. The summed E-state index contributed by atoms with van der Waals surface area (Å²) in [5, 5.41) is 4.60. The van der Waals surface area contributed by atoms with Crippen LogP contribution in [0.4, 0.5) is 11.5 Å². The Hall–Kier alpha value is -1.62. The quantitative estimate of drug-likeness (QED) is 0.930. The SMILES string of the molecule is Cc1ncc(CNc2cccnc2N2CCCC2)s1. The second kappa shape index (κ2) is 5.57. The summed E-state index contributed by atoms with van der Waals surface area (Å²) in [5.41, 5.74) is 1.12. The average molecular weight is 274 g/mol. The zero-order chi connectivity index (χ0) is 13.1. The van der Waals surface area contributed by atoms with E-state index in [2.05, 4.69) is 26.3 Å². The van der Waals surface area contributed by atoms with E-state index in [0.717, 1.165) is 36.1 Å². The summed E-state index contributed by atoms with van der Waals surface area (Å²) in [6.07, 6.45) is 6.35. The van der Waals surface area contributed by atoms with Gasteiger partial charge in [-0.3, -0.25) is 0 Å². The van der Waals surface area contributed by atoms with Crippen molar-refractivity contribution in [1.29, 1.82) is 0 Å². The third-order valence-corrected chi connectivity index (χ3v) is 4.23. The van der Waals surface area contributed by atoms with Crippen molar-refractivity contribution >= 4 is 22.8 Å². The molecule has 0 aromatic carbocycles. The first-order valence-corrected chi connectivity index (χ1v) is 7.50. The number of aryl methyl sites for hydroxylation is 1. The molecule has 1 fully saturated rings. The van der Waals surface area contributed by atoms with Crippen LogP contribution in [0.25, 0.3) is 0 Å². The normalized spacial score (nSPS) is 14.9. The monoisotopic (exact) mass is 274 g/mol. The smallest absolute Gasteiger partial charge is 0.151 e. The molecule has 2 aromatic heterocycles. The van der Waals surface area contributed by atoms with Crippen LogP contribution >= 0.6 is 11.3 Å². The highest BCUT2D eigenvalue weighted by Crippen LogP contribution is 2.26. The summed E-state index contributed by atoms with van der Waals surface area (Å²) in [4.78, 5) is 12.4. The van der Waals surface area contributed by atoms with E-state index >= 15 is 0 Å². The molecule has 0 amide bonds. The molecule has 0 radical (unpaired) electrons. The van der Waals surface area contributed by atoms with Gasteiger partial charge >= 0.3 is 0 Å². The minimum atomic E-state index is 0.818. The highest BCUT2D eigenvalue weighted by molar-refractivity contribution is 7.11. The molecular formula is C14H18N4S. The summed E-state index contributed by atoms with van der Waals surface area (Å²) in [6, 6.07) is 4.09. The molecule has 0 unspecified atom stereocenters. The third kappa shape index (κ3) is 2.87. The van der Waals surface area contributed by atoms with Gasteiger partial charge in [0.1, 0.15) is 0 Å². The van der Waals surface area contributed by atoms with Crippen LogP contribution in [0.1, 0.15) is 22.7 Å². The summed E-state index contributed by atoms with van der Waals surface area (Å²) in [7, 11) is 0. The molecule has 1 saturated heterocycles. The molecule has 1 aliphatic heterocycles. The van der Waals surface area contributed by atoms with Crippen LogP contribution in [-0.2, 0) is 6.54 Å². The molecule has 100 valence electrons. The number of anilines is 2. The molecule has 0 aliphatic carbocycles. The maximum Gasteiger partial charge on any atom is 0.151 e. The lowest BCUT2D eigenvalue weighted by Gasteiger charge is -2.20. The van der Waals surface area contributed by atoms with E-state index in [-0.39, 0.29) is 0 Å². The third-order valence-electron chi connectivity index (χ3n) is 3.31. The highest BCUT2D eigenvalue weighted by Gasteiger charge is 2.16. The summed E-state index contributed by atoms with van der Waals surface area (Å²) < 4.78 is 0. The number of nitrogens with zero attached hydrogens (tertiary/aromatic N) is 3. The van der Waals surface area contributed by atoms with Crippen LogP contribution in [-0.4, -0.2) is 23.1 Å². The van der Waals surface area contributed by atoms with Crippen molar-refractivity contribution in [2.24, 2.45) is 0 Å². The molecule has 3 heterocycles. The van der Waals surface area contributed by atoms with Crippen molar-refractivity contribution < 1.29 is 0 Å². The average Bonchev–Trinajstić information content (AvgIpc) is 3.08. The Morgan fingerprint density at radius 3 is 2.89 bits per heavy atom. The largest absolute Gasteiger partial charge is 0.377 e. The van der Waals surface area contributed by atoms with E-state index < -0.39 is 0 Å². The van der Waals surface area contributed by atoms with E-state index in [1.165, 1.54) is 17.7 Å². The van der Waals surface area contributed by atoms with Gasteiger partial charge in [-0.1, -0.05) is 0 Å². The molecule has 1 N–H and O–H groups in total. The number of nitrogens with one attached hydrogen (secondary N) is 1. The number of aromatic nitrogens is 2. The van der Waals surface area contributed by atoms with Gasteiger partial charge in [0.25, 0.3) is 0 Å². The molecule has 1 aliphatic rings. The van der Waals surface area contributed by atoms with Crippen LogP contribution < -0.4 is 10.2 Å². The maximum absolute atomic E-state index is 4.53. The maximum atomic E-state index is 4.53. The molecule has 19 heavy (non-hydrogen) atoms. The lowest BCUT2D eigenvalue weighted by Crippen LogP contribution is -2.20. The van der Waals surface area contributed by atoms with Crippen molar-refractivity contribution in [3.63, 3.8) is 0 Å². The minimum Gasteiger partial charge on any atom is -0.377 e. The Morgan fingerprint density at radius 1 is 1.32 bits per heavy atom. The first-order chi connectivity index (χ1) is 9.33. The Labute approximate surface area is 117 Å². The van der Waals surface area contributed by atoms with Crippen LogP contribution in [0.5, 0.6) is 0 Å². The molecule has 0 bridgehead atoms. The Morgan fingerprint density at radius 2 is 2.16 bits per heavy atom. The second-order valence-electron chi connectivity index (χ2n) is 4.77. The van der Waals surface area contributed by atoms with Gasteiger partial charge in [0.05, 0.1) is 17.2 Å². The Kier molecular flexibility index (Phi) is 3.64. The topological polar surface area (TPSA) is 41.1 Å². The molecule has 3 rings (SSSR count). The zero-order valence-electron chi connectivity index (χ0n) is 11.1. The highest BCUT2D eigenvalue weighted by atomic mass is 32.1. The van der Waals surface area contributed by atoms with E-state index in [9.17, 15) is 0 Å². The first kappa shape index (κ1) is 12.4. The molecule has 2 aromatic rings. The van der Waals surface area contributed by atoms with Gasteiger partial charge in [0.15, 0.2) is 5.82 Å². The van der Waals surface area contributed by atoms with Gasteiger partial charge in [0.2, 0.25) is 0 Å². The van der Waals surface area contributed by atoms with Crippen molar-refractivity contribution in [3.8, 4) is 0 Å². The van der Waals surface area contributed by atoms with Gasteiger partial charge in [-0.05, 0) is 31.9 Å². The fourth-order valence-corrected chi connectivity index (χ4v) is 3.12.